The molecule has 0 bridgehead atoms. The Balaban J connectivity index is 1.98. The van der Waals surface area contributed by atoms with Gasteiger partial charge in [0.25, 0.3) is 5.91 Å². The molecule has 4 nitrogen and oxygen atoms in total. The molecule has 0 atom stereocenters. The van der Waals surface area contributed by atoms with Crippen molar-refractivity contribution < 1.29 is 4.79 Å². The van der Waals surface area contributed by atoms with Gasteiger partial charge in [0.05, 0.1) is 5.56 Å². The van der Waals surface area contributed by atoms with Crippen LogP contribution in [0.15, 0.2) is 41.0 Å². The molecule has 0 saturated carbocycles. The fourth-order valence-corrected chi connectivity index (χ4v) is 2.94. The number of fused-ring (bicyclic) bond motifs is 1. The highest BCUT2D eigenvalue weighted by atomic mass is 79.9. The van der Waals surface area contributed by atoms with Gasteiger partial charge >= 0.3 is 0 Å². The molecule has 0 aliphatic carbocycles. The molecule has 108 valence electrons. The number of rotatable bonds is 3. The lowest BCUT2D eigenvalue weighted by atomic mass is 10.1. The van der Waals surface area contributed by atoms with Crippen molar-refractivity contribution in [1.82, 2.24) is 4.98 Å². The van der Waals surface area contributed by atoms with Crippen LogP contribution in [-0.4, -0.2) is 24.0 Å². The smallest absolute Gasteiger partial charge is 0.262 e. The van der Waals surface area contributed by atoms with Crippen LogP contribution in [0.1, 0.15) is 22.8 Å². The Morgan fingerprint density at radius 2 is 2.24 bits per heavy atom. The summed E-state index contributed by atoms with van der Waals surface area (Å²) in [6.07, 6.45) is 2.60. The highest BCUT2D eigenvalue weighted by Crippen LogP contribution is 2.30. The first kappa shape index (κ1) is 14.1. The summed E-state index contributed by atoms with van der Waals surface area (Å²) in [6, 6.07) is 9.88. The number of nitrogens with zero attached hydrogens (tertiary/aromatic N) is 2. The SMILES string of the molecule is CCNc1ncc(Br)cc1C(=O)N1CCc2ccccc21. The van der Waals surface area contributed by atoms with Gasteiger partial charge in [0.1, 0.15) is 5.82 Å². The van der Waals surface area contributed by atoms with Gasteiger partial charge in [0.15, 0.2) is 0 Å². The number of amides is 1. The molecular weight excluding hydrogens is 330 g/mol. The highest BCUT2D eigenvalue weighted by molar-refractivity contribution is 9.10. The molecule has 0 fully saturated rings. The summed E-state index contributed by atoms with van der Waals surface area (Å²) < 4.78 is 0.806. The average Bonchev–Trinajstić information content (AvgIpc) is 2.92. The summed E-state index contributed by atoms with van der Waals surface area (Å²) >= 11 is 3.40. The number of pyridine rings is 1. The molecule has 21 heavy (non-hydrogen) atoms. The van der Waals surface area contributed by atoms with Gasteiger partial charge < -0.3 is 10.2 Å². The zero-order valence-electron chi connectivity index (χ0n) is 11.8. The maximum absolute atomic E-state index is 12.9. The molecule has 1 N–H and O–H groups in total. The van der Waals surface area contributed by atoms with Crippen molar-refractivity contribution in [2.45, 2.75) is 13.3 Å². The third kappa shape index (κ3) is 2.65. The first-order chi connectivity index (χ1) is 10.2. The second-order valence-electron chi connectivity index (χ2n) is 4.92. The second kappa shape index (κ2) is 5.85. The van der Waals surface area contributed by atoms with E-state index in [1.54, 1.807) is 6.20 Å². The zero-order chi connectivity index (χ0) is 14.8. The number of hydrogen-bond donors (Lipinski definition) is 1. The average molecular weight is 346 g/mol. The van der Waals surface area contributed by atoms with E-state index in [1.165, 1.54) is 5.56 Å². The number of carbonyl (C=O) groups is 1. The van der Waals surface area contributed by atoms with Crippen LogP contribution in [-0.2, 0) is 6.42 Å². The van der Waals surface area contributed by atoms with E-state index in [0.29, 0.717) is 11.4 Å². The molecule has 0 spiro atoms. The maximum atomic E-state index is 12.9. The van der Waals surface area contributed by atoms with E-state index in [0.717, 1.165) is 29.7 Å². The standard InChI is InChI=1S/C16H16BrN3O/c1-2-18-15-13(9-12(17)10-19-15)16(21)20-8-7-11-5-3-4-6-14(11)20/h3-6,9-10H,2,7-8H2,1H3,(H,18,19). The Morgan fingerprint density at radius 1 is 1.43 bits per heavy atom. The van der Waals surface area contributed by atoms with E-state index in [-0.39, 0.29) is 5.91 Å². The Bertz CT molecular complexity index is 687. The fourth-order valence-electron chi connectivity index (χ4n) is 2.61. The summed E-state index contributed by atoms with van der Waals surface area (Å²) in [4.78, 5) is 19.0. The van der Waals surface area contributed by atoms with Crippen molar-refractivity contribution in [3.63, 3.8) is 0 Å². The molecule has 1 aliphatic heterocycles. The molecule has 0 unspecified atom stereocenters. The topological polar surface area (TPSA) is 45.2 Å². The van der Waals surface area contributed by atoms with Crippen LogP contribution in [0.4, 0.5) is 11.5 Å². The predicted molar refractivity (Wildman–Crippen MR) is 87.9 cm³/mol. The number of anilines is 2. The summed E-state index contributed by atoms with van der Waals surface area (Å²) in [5.74, 6) is 0.625. The number of aromatic nitrogens is 1. The second-order valence-corrected chi connectivity index (χ2v) is 5.83. The van der Waals surface area contributed by atoms with Gasteiger partial charge in [0, 0.05) is 29.4 Å². The van der Waals surface area contributed by atoms with E-state index in [2.05, 4.69) is 32.3 Å². The minimum atomic E-state index is -0.00954. The van der Waals surface area contributed by atoms with Crippen molar-refractivity contribution in [3.05, 3.63) is 52.1 Å². The number of carbonyl (C=O) groups excluding carboxylic acids is 1. The lowest BCUT2D eigenvalue weighted by molar-refractivity contribution is 0.0990. The number of halogens is 1. The molecule has 0 radical (unpaired) electrons. The third-order valence-electron chi connectivity index (χ3n) is 3.56. The largest absolute Gasteiger partial charge is 0.370 e. The van der Waals surface area contributed by atoms with E-state index in [9.17, 15) is 4.79 Å². The van der Waals surface area contributed by atoms with Crippen molar-refractivity contribution in [3.8, 4) is 0 Å². The van der Waals surface area contributed by atoms with E-state index in [4.69, 9.17) is 0 Å². The van der Waals surface area contributed by atoms with Gasteiger partial charge in [-0.1, -0.05) is 18.2 Å². The van der Waals surface area contributed by atoms with Gasteiger partial charge in [0.2, 0.25) is 0 Å². The van der Waals surface area contributed by atoms with Crippen LogP contribution in [0, 0.1) is 0 Å². The first-order valence-corrected chi connectivity index (χ1v) is 7.79. The summed E-state index contributed by atoms with van der Waals surface area (Å²) in [5, 5.41) is 3.15. The third-order valence-corrected chi connectivity index (χ3v) is 3.99. The summed E-state index contributed by atoms with van der Waals surface area (Å²) in [7, 11) is 0. The molecular formula is C16H16BrN3O. The predicted octanol–water partition coefficient (Wildman–Crippen LogP) is 3.48. The van der Waals surface area contributed by atoms with Crippen molar-refractivity contribution >= 4 is 33.3 Å². The van der Waals surface area contributed by atoms with Crippen LogP contribution >= 0.6 is 15.9 Å². The molecule has 0 saturated heterocycles. The normalized spacial score (nSPS) is 13.1. The quantitative estimate of drug-likeness (QED) is 0.926. The van der Waals surface area contributed by atoms with E-state index < -0.39 is 0 Å². The van der Waals surface area contributed by atoms with E-state index >= 15 is 0 Å². The van der Waals surface area contributed by atoms with Crippen LogP contribution in [0.2, 0.25) is 0 Å². The van der Waals surface area contributed by atoms with Gasteiger partial charge in [-0.25, -0.2) is 4.98 Å². The molecule has 1 amide bonds. The Morgan fingerprint density at radius 3 is 3.05 bits per heavy atom. The van der Waals surface area contributed by atoms with Crippen LogP contribution in [0.5, 0.6) is 0 Å². The Kier molecular flexibility index (Phi) is 3.92. The summed E-state index contributed by atoms with van der Waals surface area (Å²) in [5.41, 5.74) is 2.83. The minimum Gasteiger partial charge on any atom is -0.370 e. The fraction of sp³-hybridized carbons (Fsp3) is 0.250. The number of hydrogen-bond acceptors (Lipinski definition) is 3. The minimum absolute atomic E-state index is 0.00954. The van der Waals surface area contributed by atoms with Gasteiger partial charge in [-0.05, 0) is 47.0 Å². The Hall–Kier alpha value is -1.88. The molecule has 2 heterocycles. The monoisotopic (exact) mass is 345 g/mol. The molecule has 1 aliphatic rings. The molecule has 2 aromatic rings. The number of nitrogens with one attached hydrogen (secondary N) is 1. The van der Waals surface area contributed by atoms with Crippen molar-refractivity contribution in [2.24, 2.45) is 0 Å². The van der Waals surface area contributed by atoms with Gasteiger partial charge in [-0.3, -0.25) is 4.79 Å². The van der Waals surface area contributed by atoms with E-state index in [1.807, 2.05) is 36.1 Å². The lowest BCUT2D eigenvalue weighted by Crippen LogP contribution is -2.29. The van der Waals surface area contributed by atoms with Crippen LogP contribution in [0.3, 0.4) is 0 Å². The van der Waals surface area contributed by atoms with Crippen molar-refractivity contribution in [1.29, 1.82) is 0 Å². The summed E-state index contributed by atoms with van der Waals surface area (Å²) in [6.45, 7) is 3.44. The molecule has 1 aromatic carbocycles. The van der Waals surface area contributed by atoms with Crippen molar-refractivity contribution in [2.75, 3.05) is 23.3 Å². The lowest BCUT2D eigenvalue weighted by Gasteiger charge is -2.19. The molecule has 1 aromatic heterocycles. The molecule has 3 rings (SSSR count). The maximum Gasteiger partial charge on any atom is 0.262 e. The Labute approximate surface area is 132 Å². The van der Waals surface area contributed by atoms with Gasteiger partial charge in [-0.15, -0.1) is 0 Å². The number of para-hydroxylation sites is 1. The zero-order valence-corrected chi connectivity index (χ0v) is 13.4. The molecule has 5 heteroatoms. The van der Waals surface area contributed by atoms with Crippen LogP contribution < -0.4 is 10.2 Å². The first-order valence-electron chi connectivity index (χ1n) is 7.00. The van der Waals surface area contributed by atoms with Gasteiger partial charge in [-0.2, -0.15) is 0 Å². The highest BCUT2D eigenvalue weighted by Gasteiger charge is 2.27. The van der Waals surface area contributed by atoms with Crippen LogP contribution in [0.25, 0.3) is 0 Å². The number of benzene rings is 1.